The molecule has 7 heteroatoms. The lowest BCUT2D eigenvalue weighted by atomic mass is 10.2. The first-order valence-electron chi connectivity index (χ1n) is 5.79. The summed E-state index contributed by atoms with van der Waals surface area (Å²) in [6.07, 6.45) is 3.66. The van der Waals surface area contributed by atoms with Crippen molar-refractivity contribution < 1.29 is 4.79 Å². The maximum absolute atomic E-state index is 11.8. The Balaban J connectivity index is 2.63. The molecule has 0 unspecified atom stereocenters. The molecule has 98 valence electrons. The van der Waals surface area contributed by atoms with E-state index in [4.69, 9.17) is 17.3 Å². The van der Waals surface area contributed by atoms with Gasteiger partial charge < -0.3 is 5.73 Å². The average molecular weight is 272 g/mol. The van der Waals surface area contributed by atoms with Gasteiger partial charge in [0.25, 0.3) is 5.56 Å². The second-order valence-electron chi connectivity index (χ2n) is 4.38. The number of carbonyl (C=O) groups excluding carboxylic acids is 1. The van der Waals surface area contributed by atoms with Crippen LogP contribution in [0.2, 0.25) is 0 Å². The van der Waals surface area contributed by atoms with Gasteiger partial charge in [-0.25, -0.2) is 4.79 Å². The lowest BCUT2D eigenvalue weighted by Crippen LogP contribution is -2.37. The molecule has 1 aromatic heterocycles. The van der Waals surface area contributed by atoms with Crippen molar-refractivity contribution in [2.75, 3.05) is 11.6 Å². The number of Topliss-reactive ketones (excluding diaryl/α,β-unsaturated/α-hetero) is 1. The second-order valence-corrected chi connectivity index (χ2v) is 4.65. The Hall–Kier alpha value is -1.56. The molecule has 0 saturated heterocycles. The van der Waals surface area contributed by atoms with Gasteiger partial charge in [0.15, 0.2) is 5.78 Å². The average Bonchev–Trinajstić information content (AvgIpc) is 2.81. The fourth-order valence-electron chi connectivity index (χ4n) is 2.43. The van der Waals surface area contributed by atoms with Gasteiger partial charge in [0, 0.05) is 6.04 Å². The van der Waals surface area contributed by atoms with Crippen molar-refractivity contribution >= 4 is 23.2 Å². The molecule has 1 heterocycles. The van der Waals surface area contributed by atoms with Gasteiger partial charge in [-0.2, -0.15) is 0 Å². The van der Waals surface area contributed by atoms with Gasteiger partial charge in [0.2, 0.25) is 0 Å². The van der Waals surface area contributed by atoms with Crippen LogP contribution in [0, 0.1) is 0 Å². The zero-order valence-corrected chi connectivity index (χ0v) is 10.5. The van der Waals surface area contributed by atoms with E-state index in [2.05, 4.69) is 4.98 Å². The molecule has 0 amide bonds. The normalized spacial score (nSPS) is 16.1. The number of ketones is 1. The number of rotatable bonds is 3. The Morgan fingerprint density at radius 3 is 2.56 bits per heavy atom. The largest absolute Gasteiger partial charge is 0.384 e. The number of H-pyrrole nitrogens is 1. The van der Waals surface area contributed by atoms with Crippen LogP contribution in [0.5, 0.6) is 0 Å². The molecule has 1 fully saturated rings. The van der Waals surface area contributed by atoms with Crippen molar-refractivity contribution in [3.05, 3.63) is 26.4 Å². The zero-order valence-electron chi connectivity index (χ0n) is 9.74. The third-order valence-electron chi connectivity index (χ3n) is 3.27. The zero-order chi connectivity index (χ0) is 13.3. The highest BCUT2D eigenvalue weighted by Gasteiger charge is 2.24. The van der Waals surface area contributed by atoms with Gasteiger partial charge >= 0.3 is 5.69 Å². The minimum Gasteiger partial charge on any atom is -0.384 e. The molecule has 0 aliphatic heterocycles. The van der Waals surface area contributed by atoms with Crippen molar-refractivity contribution in [1.82, 2.24) is 9.55 Å². The molecule has 1 saturated carbocycles. The maximum Gasteiger partial charge on any atom is 0.330 e. The lowest BCUT2D eigenvalue weighted by molar-refractivity contribution is 0.101. The third kappa shape index (κ3) is 2.08. The summed E-state index contributed by atoms with van der Waals surface area (Å²) in [6, 6.07) is -0.0452. The predicted octanol–water partition coefficient (Wildman–Crippen LogP) is 0.655. The van der Waals surface area contributed by atoms with Crippen LogP contribution in [0.15, 0.2) is 9.59 Å². The van der Waals surface area contributed by atoms with Crippen LogP contribution in [0.25, 0.3) is 0 Å². The molecule has 2 rings (SSSR count). The first-order chi connectivity index (χ1) is 8.56. The number of halogens is 1. The van der Waals surface area contributed by atoms with Crippen LogP contribution in [0.4, 0.5) is 5.82 Å². The first kappa shape index (κ1) is 12.9. The van der Waals surface area contributed by atoms with Crippen molar-refractivity contribution in [3.63, 3.8) is 0 Å². The maximum atomic E-state index is 11.8. The SMILES string of the molecule is Nc1c(C(=O)CCl)c(=O)[nH]c(=O)n1C1CCCC1. The first-order valence-corrected chi connectivity index (χ1v) is 6.33. The molecule has 6 nitrogen and oxygen atoms in total. The minimum absolute atomic E-state index is 0.0452. The molecule has 18 heavy (non-hydrogen) atoms. The number of nitrogens with zero attached hydrogens (tertiary/aromatic N) is 1. The third-order valence-corrected chi connectivity index (χ3v) is 3.51. The van der Waals surface area contributed by atoms with E-state index in [0.29, 0.717) is 0 Å². The van der Waals surface area contributed by atoms with E-state index in [1.807, 2.05) is 0 Å². The van der Waals surface area contributed by atoms with Gasteiger partial charge in [-0.1, -0.05) is 12.8 Å². The quantitative estimate of drug-likeness (QED) is 0.623. The van der Waals surface area contributed by atoms with E-state index in [0.717, 1.165) is 25.7 Å². The summed E-state index contributed by atoms with van der Waals surface area (Å²) in [7, 11) is 0. The van der Waals surface area contributed by atoms with Crippen molar-refractivity contribution in [2.24, 2.45) is 0 Å². The Morgan fingerprint density at radius 2 is 2.00 bits per heavy atom. The number of alkyl halides is 1. The van der Waals surface area contributed by atoms with Crippen molar-refractivity contribution in [2.45, 2.75) is 31.7 Å². The molecule has 0 atom stereocenters. The van der Waals surface area contributed by atoms with Crippen LogP contribution in [-0.2, 0) is 0 Å². The molecule has 1 aliphatic carbocycles. The van der Waals surface area contributed by atoms with Crippen LogP contribution >= 0.6 is 11.6 Å². The number of nitrogen functional groups attached to an aromatic ring is 1. The molecule has 1 aliphatic rings. The Labute approximate surface area is 108 Å². The fraction of sp³-hybridized carbons (Fsp3) is 0.545. The van der Waals surface area contributed by atoms with Gasteiger partial charge in [-0.05, 0) is 12.8 Å². The van der Waals surface area contributed by atoms with E-state index in [1.165, 1.54) is 4.57 Å². The summed E-state index contributed by atoms with van der Waals surface area (Å²) < 4.78 is 1.31. The van der Waals surface area contributed by atoms with E-state index in [1.54, 1.807) is 0 Å². The van der Waals surface area contributed by atoms with Crippen LogP contribution in [0.1, 0.15) is 42.1 Å². The molecule has 0 aromatic carbocycles. The number of hydrogen-bond acceptors (Lipinski definition) is 4. The molecule has 0 radical (unpaired) electrons. The van der Waals surface area contributed by atoms with Gasteiger partial charge in [0.05, 0.1) is 5.88 Å². The molecular weight excluding hydrogens is 258 g/mol. The van der Waals surface area contributed by atoms with E-state index >= 15 is 0 Å². The minimum atomic E-state index is -0.766. The molecule has 0 spiro atoms. The number of nitrogens with one attached hydrogen (secondary N) is 1. The predicted molar refractivity (Wildman–Crippen MR) is 68.3 cm³/mol. The second kappa shape index (κ2) is 4.97. The number of carbonyl (C=O) groups is 1. The van der Waals surface area contributed by atoms with Crippen molar-refractivity contribution in [3.8, 4) is 0 Å². The van der Waals surface area contributed by atoms with Gasteiger partial charge in [-0.15, -0.1) is 11.6 Å². The molecule has 1 aromatic rings. The number of nitrogens with two attached hydrogens (primary N) is 1. The van der Waals surface area contributed by atoms with E-state index in [9.17, 15) is 14.4 Å². The summed E-state index contributed by atoms with van der Waals surface area (Å²) in [5, 5.41) is 0. The summed E-state index contributed by atoms with van der Waals surface area (Å²) in [4.78, 5) is 37.1. The van der Waals surface area contributed by atoms with E-state index in [-0.39, 0.29) is 23.3 Å². The van der Waals surface area contributed by atoms with Crippen LogP contribution < -0.4 is 17.0 Å². The van der Waals surface area contributed by atoms with Crippen molar-refractivity contribution in [1.29, 1.82) is 0 Å². The van der Waals surface area contributed by atoms with Crippen LogP contribution in [-0.4, -0.2) is 21.2 Å². The standard InChI is InChI=1S/C11H14ClN3O3/c12-5-7(16)8-9(13)15(6-3-1-2-4-6)11(18)14-10(8)17/h6H,1-5,13H2,(H,14,17,18). The van der Waals surface area contributed by atoms with E-state index < -0.39 is 17.0 Å². The molecule has 3 N–H and O–H groups in total. The Kier molecular flexibility index (Phi) is 3.56. The Morgan fingerprint density at radius 1 is 1.39 bits per heavy atom. The topological polar surface area (TPSA) is 98.0 Å². The Bertz CT molecular complexity index is 584. The fourth-order valence-corrected chi connectivity index (χ4v) is 2.56. The highest BCUT2D eigenvalue weighted by Crippen LogP contribution is 2.30. The summed E-state index contributed by atoms with van der Waals surface area (Å²) in [6.45, 7) is 0. The smallest absolute Gasteiger partial charge is 0.330 e. The van der Waals surface area contributed by atoms with Gasteiger partial charge in [-0.3, -0.25) is 19.1 Å². The summed E-state index contributed by atoms with van der Waals surface area (Å²) in [5.41, 5.74) is 4.27. The van der Waals surface area contributed by atoms with Gasteiger partial charge in [0.1, 0.15) is 11.4 Å². The van der Waals surface area contributed by atoms with Crippen LogP contribution in [0.3, 0.4) is 0 Å². The highest BCUT2D eigenvalue weighted by molar-refractivity contribution is 6.31. The number of anilines is 1. The monoisotopic (exact) mass is 271 g/mol. The summed E-state index contributed by atoms with van der Waals surface area (Å²) >= 11 is 5.44. The molecule has 0 bridgehead atoms. The number of hydrogen-bond donors (Lipinski definition) is 2. The highest BCUT2D eigenvalue weighted by atomic mass is 35.5. The number of aromatic nitrogens is 2. The summed E-state index contributed by atoms with van der Waals surface area (Å²) in [5.74, 6) is -0.973. The molecular formula is C11H14ClN3O3. The lowest BCUT2D eigenvalue weighted by Gasteiger charge is -2.17. The number of aromatic amines is 1.